The Kier molecular flexibility index (Phi) is 6.62. The molecule has 1 aliphatic heterocycles. The summed E-state index contributed by atoms with van der Waals surface area (Å²) in [4.78, 5) is 11.1. The highest BCUT2D eigenvalue weighted by Crippen LogP contribution is 2.27. The maximum Gasteiger partial charge on any atom is 0.225 e. The summed E-state index contributed by atoms with van der Waals surface area (Å²) in [7, 11) is 3.30. The smallest absolute Gasteiger partial charge is 0.225 e. The average molecular weight is 358 g/mol. The molecule has 3 rings (SSSR count). The molecule has 1 N–H and O–H groups in total. The van der Waals surface area contributed by atoms with Gasteiger partial charge in [-0.15, -0.1) is 0 Å². The van der Waals surface area contributed by atoms with Gasteiger partial charge in [0, 0.05) is 37.6 Å². The third-order valence-corrected chi connectivity index (χ3v) is 4.35. The standard InChI is InChI=1S/C19H26N4O3/c1-24-17-4-3-15(11-18(17)25-2)5-6-20-12-16-13-21-19(22-14-16)23-7-9-26-10-8-23/h3-4,11,13-14,20H,5-10,12H2,1-2H3. The summed E-state index contributed by atoms with van der Waals surface area (Å²) < 4.78 is 16.0. The van der Waals surface area contributed by atoms with Gasteiger partial charge < -0.3 is 24.4 Å². The number of morpholine rings is 1. The zero-order valence-corrected chi connectivity index (χ0v) is 15.4. The molecule has 0 amide bonds. The molecule has 1 fully saturated rings. The molecule has 0 spiro atoms. The number of hydrogen-bond donors (Lipinski definition) is 1. The topological polar surface area (TPSA) is 68.7 Å². The van der Waals surface area contributed by atoms with E-state index in [0.29, 0.717) is 0 Å². The van der Waals surface area contributed by atoms with E-state index in [2.05, 4.69) is 26.3 Å². The highest BCUT2D eigenvalue weighted by atomic mass is 16.5. The number of nitrogens with one attached hydrogen (secondary N) is 1. The fourth-order valence-corrected chi connectivity index (χ4v) is 2.87. The molecule has 0 saturated carbocycles. The molecule has 0 bridgehead atoms. The Morgan fingerprint density at radius 2 is 1.77 bits per heavy atom. The van der Waals surface area contributed by atoms with Crippen LogP contribution in [0.2, 0.25) is 0 Å². The van der Waals surface area contributed by atoms with E-state index < -0.39 is 0 Å². The lowest BCUT2D eigenvalue weighted by atomic mass is 10.1. The van der Waals surface area contributed by atoms with Crippen molar-refractivity contribution in [1.29, 1.82) is 0 Å². The minimum atomic E-state index is 0.739. The van der Waals surface area contributed by atoms with Crippen LogP contribution in [-0.4, -0.2) is 57.0 Å². The molecule has 1 aliphatic rings. The molecule has 7 heteroatoms. The molecule has 2 heterocycles. The summed E-state index contributed by atoms with van der Waals surface area (Å²) in [6.07, 6.45) is 4.69. The molecule has 0 atom stereocenters. The maximum absolute atomic E-state index is 5.35. The number of methoxy groups -OCH3 is 2. The van der Waals surface area contributed by atoms with Gasteiger partial charge in [0.2, 0.25) is 5.95 Å². The Hall–Kier alpha value is -2.38. The third kappa shape index (κ3) is 4.83. The van der Waals surface area contributed by atoms with Gasteiger partial charge in [0.05, 0.1) is 27.4 Å². The summed E-state index contributed by atoms with van der Waals surface area (Å²) >= 11 is 0. The molecule has 0 radical (unpaired) electrons. The lowest BCUT2D eigenvalue weighted by Gasteiger charge is -2.26. The number of hydrogen-bond acceptors (Lipinski definition) is 7. The van der Waals surface area contributed by atoms with Gasteiger partial charge in [0.25, 0.3) is 0 Å². The van der Waals surface area contributed by atoms with Gasteiger partial charge in [-0.05, 0) is 30.7 Å². The lowest BCUT2D eigenvalue weighted by molar-refractivity contribution is 0.122. The minimum Gasteiger partial charge on any atom is -0.493 e. The van der Waals surface area contributed by atoms with Crippen LogP contribution in [0.15, 0.2) is 30.6 Å². The molecular weight excluding hydrogens is 332 g/mol. The summed E-state index contributed by atoms with van der Waals surface area (Å²) in [5, 5.41) is 3.43. The van der Waals surface area contributed by atoms with Crippen LogP contribution in [0.25, 0.3) is 0 Å². The Morgan fingerprint density at radius 1 is 1.04 bits per heavy atom. The van der Waals surface area contributed by atoms with Crippen LogP contribution < -0.4 is 19.7 Å². The highest BCUT2D eigenvalue weighted by Gasteiger charge is 2.13. The van der Waals surface area contributed by atoms with Gasteiger partial charge >= 0.3 is 0 Å². The molecule has 7 nitrogen and oxygen atoms in total. The van der Waals surface area contributed by atoms with Gasteiger partial charge in [-0.3, -0.25) is 0 Å². The number of ether oxygens (including phenoxy) is 3. The van der Waals surface area contributed by atoms with Crippen LogP contribution in [0.3, 0.4) is 0 Å². The fraction of sp³-hybridized carbons (Fsp3) is 0.474. The Bertz CT molecular complexity index is 688. The Morgan fingerprint density at radius 3 is 2.46 bits per heavy atom. The van der Waals surface area contributed by atoms with Crippen molar-refractivity contribution in [3.8, 4) is 11.5 Å². The summed E-state index contributed by atoms with van der Waals surface area (Å²) in [6.45, 7) is 4.79. The molecule has 0 unspecified atom stereocenters. The minimum absolute atomic E-state index is 0.739. The molecular formula is C19H26N4O3. The van der Waals surface area contributed by atoms with E-state index in [0.717, 1.165) is 68.8 Å². The highest BCUT2D eigenvalue weighted by molar-refractivity contribution is 5.43. The van der Waals surface area contributed by atoms with Crippen LogP contribution in [0.5, 0.6) is 11.5 Å². The van der Waals surface area contributed by atoms with Crippen molar-refractivity contribution in [2.45, 2.75) is 13.0 Å². The van der Waals surface area contributed by atoms with E-state index in [1.165, 1.54) is 5.56 Å². The summed E-state index contributed by atoms with van der Waals surface area (Å²) in [6, 6.07) is 6.01. The van der Waals surface area contributed by atoms with Gasteiger partial charge in [-0.2, -0.15) is 0 Å². The van der Waals surface area contributed by atoms with Crippen molar-refractivity contribution in [1.82, 2.24) is 15.3 Å². The first-order chi connectivity index (χ1) is 12.8. The SMILES string of the molecule is COc1ccc(CCNCc2cnc(N3CCOCC3)nc2)cc1OC. The van der Waals surface area contributed by atoms with E-state index >= 15 is 0 Å². The van der Waals surface area contributed by atoms with Crippen LogP contribution in [0, 0.1) is 0 Å². The van der Waals surface area contributed by atoms with Gasteiger partial charge in [-0.25, -0.2) is 9.97 Å². The van der Waals surface area contributed by atoms with Crippen molar-refractivity contribution >= 4 is 5.95 Å². The van der Waals surface area contributed by atoms with E-state index in [9.17, 15) is 0 Å². The zero-order chi connectivity index (χ0) is 18.2. The molecule has 1 aromatic heterocycles. The molecule has 2 aromatic rings. The number of nitrogens with zero attached hydrogens (tertiary/aromatic N) is 3. The summed E-state index contributed by atoms with van der Waals surface area (Å²) in [5.74, 6) is 2.29. The first-order valence-electron chi connectivity index (χ1n) is 8.85. The van der Waals surface area contributed by atoms with E-state index in [1.807, 2.05) is 24.5 Å². The fourth-order valence-electron chi connectivity index (χ4n) is 2.87. The second kappa shape index (κ2) is 9.35. The monoisotopic (exact) mass is 358 g/mol. The van der Waals surface area contributed by atoms with Crippen molar-refractivity contribution in [3.05, 3.63) is 41.7 Å². The molecule has 1 aromatic carbocycles. The predicted molar refractivity (Wildman–Crippen MR) is 100 cm³/mol. The normalized spacial score (nSPS) is 14.3. The molecule has 0 aliphatic carbocycles. The van der Waals surface area contributed by atoms with Crippen molar-refractivity contribution in [3.63, 3.8) is 0 Å². The maximum atomic E-state index is 5.35. The van der Waals surface area contributed by atoms with Crippen molar-refractivity contribution < 1.29 is 14.2 Å². The van der Waals surface area contributed by atoms with Gasteiger partial charge in [-0.1, -0.05) is 6.07 Å². The quantitative estimate of drug-likeness (QED) is 0.720. The van der Waals surface area contributed by atoms with Crippen LogP contribution in [-0.2, 0) is 17.7 Å². The van der Waals surface area contributed by atoms with Gasteiger partial charge in [0.1, 0.15) is 0 Å². The Labute approximate surface area is 154 Å². The van der Waals surface area contributed by atoms with E-state index in [4.69, 9.17) is 14.2 Å². The van der Waals surface area contributed by atoms with Crippen molar-refractivity contribution in [2.75, 3.05) is 52.0 Å². The first kappa shape index (κ1) is 18.4. The van der Waals surface area contributed by atoms with Crippen LogP contribution >= 0.6 is 0 Å². The average Bonchev–Trinajstić information content (AvgIpc) is 2.72. The van der Waals surface area contributed by atoms with E-state index in [-0.39, 0.29) is 0 Å². The molecule has 140 valence electrons. The first-order valence-corrected chi connectivity index (χ1v) is 8.85. The van der Waals surface area contributed by atoms with Gasteiger partial charge in [0.15, 0.2) is 11.5 Å². The van der Waals surface area contributed by atoms with E-state index in [1.54, 1.807) is 14.2 Å². The van der Waals surface area contributed by atoms with Crippen LogP contribution in [0.1, 0.15) is 11.1 Å². The predicted octanol–water partition coefficient (Wildman–Crippen LogP) is 1.66. The number of aromatic nitrogens is 2. The Balaban J connectivity index is 1.44. The zero-order valence-electron chi connectivity index (χ0n) is 15.4. The van der Waals surface area contributed by atoms with Crippen molar-refractivity contribution in [2.24, 2.45) is 0 Å². The number of anilines is 1. The van der Waals surface area contributed by atoms with Crippen LogP contribution in [0.4, 0.5) is 5.95 Å². The molecule has 1 saturated heterocycles. The largest absolute Gasteiger partial charge is 0.493 e. The number of benzene rings is 1. The second-order valence-corrected chi connectivity index (χ2v) is 6.11. The third-order valence-electron chi connectivity index (χ3n) is 4.35. The second-order valence-electron chi connectivity index (χ2n) is 6.11. The molecule has 26 heavy (non-hydrogen) atoms. The lowest BCUT2D eigenvalue weighted by Crippen LogP contribution is -2.37. The summed E-state index contributed by atoms with van der Waals surface area (Å²) in [5.41, 5.74) is 2.28. The number of rotatable bonds is 8.